The van der Waals surface area contributed by atoms with Crippen molar-refractivity contribution in [3.05, 3.63) is 40.2 Å². The van der Waals surface area contributed by atoms with Gasteiger partial charge in [0.25, 0.3) is 5.56 Å². The topological polar surface area (TPSA) is 80.1 Å². The second-order valence-electron chi connectivity index (χ2n) is 8.01. The Kier molecular flexibility index (Phi) is 6.62. The highest BCUT2D eigenvalue weighted by Crippen LogP contribution is 2.30. The predicted molar refractivity (Wildman–Crippen MR) is 129 cm³/mol. The minimum absolute atomic E-state index is 0.0631. The molecular weight excluding hydrogens is 430 g/mol. The fourth-order valence-corrected chi connectivity index (χ4v) is 5.57. The minimum atomic E-state index is -0.128. The molecule has 0 atom stereocenters. The lowest BCUT2D eigenvalue weighted by Crippen LogP contribution is -2.29. The molecule has 0 saturated carbocycles. The number of benzene rings is 1. The third-order valence-corrected chi connectivity index (χ3v) is 7.36. The van der Waals surface area contributed by atoms with Gasteiger partial charge in [-0.1, -0.05) is 41.3 Å². The van der Waals surface area contributed by atoms with Crippen molar-refractivity contribution in [2.75, 3.05) is 29.1 Å². The molecule has 7 nitrogen and oxygen atoms in total. The van der Waals surface area contributed by atoms with Gasteiger partial charge in [-0.25, -0.2) is 4.98 Å². The highest BCUT2D eigenvalue weighted by molar-refractivity contribution is 7.99. The molecule has 1 aliphatic rings. The van der Waals surface area contributed by atoms with Crippen LogP contribution in [0.5, 0.6) is 0 Å². The number of anilines is 2. The zero-order valence-electron chi connectivity index (χ0n) is 18.1. The Hall–Kier alpha value is -2.39. The summed E-state index contributed by atoms with van der Waals surface area (Å²) in [5, 5.41) is 4.33. The summed E-state index contributed by atoms with van der Waals surface area (Å²) in [5.74, 6) is 0.0403. The summed E-state index contributed by atoms with van der Waals surface area (Å²) in [6.45, 7) is 7.81. The van der Waals surface area contributed by atoms with E-state index in [-0.39, 0.29) is 23.3 Å². The molecule has 0 aliphatic carbocycles. The van der Waals surface area contributed by atoms with Crippen molar-refractivity contribution in [2.45, 2.75) is 51.2 Å². The van der Waals surface area contributed by atoms with Crippen LogP contribution in [-0.4, -0.2) is 39.3 Å². The standard InChI is InChI=1S/C22H27N5O2S2/c1-14(2)27-20(29)18-19(24-21(31-18)26-11-7-4-8-12-26)25-22(27)30-13-17(28)23-16-10-6-5-9-15(16)3/h5-6,9-10,14H,4,7-8,11-13H2,1-3H3,(H,23,28). The lowest BCUT2D eigenvalue weighted by Gasteiger charge is -2.25. The number of rotatable bonds is 6. The second kappa shape index (κ2) is 9.40. The van der Waals surface area contributed by atoms with Crippen molar-refractivity contribution in [1.29, 1.82) is 0 Å². The van der Waals surface area contributed by atoms with Gasteiger partial charge in [0, 0.05) is 24.8 Å². The molecule has 1 aromatic carbocycles. The summed E-state index contributed by atoms with van der Waals surface area (Å²) < 4.78 is 2.26. The first-order valence-corrected chi connectivity index (χ1v) is 12.4. The number of aromatic nitrogens is 3. The molecule has 0 radical (unpaired) electrons. The van der Waals surface area contributed by atoms with Crippen LogP contribution in [0.1, 0.15) is 44.7 Å². The van der Waals surface area contributed by atoms with Gasteiger partial charge in [-0.3, -0.25) is 14.2 Å². The van der Waals surface area contributed by atoms with Crippen LogP contribution in [-0.2, 0) is 4.79 Å². The highest BCUT2D eigenvalue weighted by atomic mass is 32.2. The van der Waals surface area contributed by atoms with E-state index < -0.39 is 0 Å². The van der Waals surface area contributed by atoms with Crippen molar-refractivity contribution >= 4 is 50.2 Å². The summed E-state index contributed by atoms with van der Waals surface area (Å²) in [6, 6.07) is 7.60. The molecule has 1 fully saturated rings. The summed E-state index contributed by atoms with van der Waals surface area (Å²) >= 11 is 2.70. The molecule has 0 unspecified atom stereocenters. The smallest absolute Gasteiger partial charge is 0.274 e. The Morgan fingerprint density at radius 1 is 1.19 bits per heavy atom. The third-order valence-electron chi connectivity index (χ3n) is 5.31. The van der Waals surface area contributed by atoms with Gasteiger partial charge in [0.05, 0.1) is 5.75 Å². The van der Waals surface area contributed by atoms with E-state index in [2.05, 4.69) is 20.2 Å². The van der Waals surface area contributed by atoms with Crippen molar-refractivity contribution in [1.82, 2.24) is 14.5 Å². The van der Waals surface area contributed by atoms with Crippen LogP contribution in [0.15, 0.2) is 34.2 Å². The van der Waals surface area contributed by atoms with Gasteiger partial charge in [0.15, 0.2) is 15.9 Å². The SMILES string of the molecule is Cc1ccccc1NC(=O)CSc1nc2nc(N3CCCCC3)sc2c(=O)n1C(C)C. The van der Waals surface area contributed by atoms with E-state index in [1.165, 1.54) is 29.5 Å². The molecule has 4 rings (SSSR count). The van der Waals surface area contributed by atoms with E-state index in [0.717, 1.165) is 42.3 Å². The molecule has 1 saturated heterocycles. The first-order chi connectivity index (χ1) is 14.9. The normalized spacial score (nSPS) is 14.4. The zero-order valence-corrected chi connectivity index (χ0v) is 19.7. The van der Waals surface area contributed by atoms with E-state index in [1.807, 2.05) is 45.0 Å². The number of nitrogens with one attached hydrogen (secondary N) is 1. The fraction of sp³-hybridized carbons (Fsp3) is 0.455. The Labute approximate surface area is 189 Å². The number of hydrogen-bond acceptors (Lipinski definition) is 7. The number of para-hydroxylation sites is 1. The number of hydrogen-bond donors (Lipinski definition) is 1. The van der Waals surface area contributed by atoms with Gasteiger partial charge in [-0.2, -0.15) is 4.98 Å². The van der Waals surface area contributed by atoms with Gasteiger partial charge in [-0.15, -0.1) is 0 Å². The minimum Gasteiger partial charge on any atom is -0.348 e. The van der Waals surface area contributed by atoms with Crippen LogP contribution in [0.25, 0.3) is 10.3 Å². The van der Waals surface area contributed by atoms with Crippen molar-refractivity contribution in [3.8, 4) is 0 Å². The number of fused-ring (bicyclic) bond motifs is 1. The number of carbonyl (C=O) groups excluding carboxylic acids is 1. The first-order valence-electron chi connectivity index (χ1n) is 10.6. The number of aryl methyl sites for hydroxylation is 1. The highest BCUT2D eigenvalue weighted by Gasteiger charge is 2.21. The van der Waals surface area contributed by atoms with Crippen LogP contribution in [0.4, 0.5) is 10.8 Å². The van der Waals surface area contributed by atoms with Gasteiger partial charge < -0.3 is 10.2 Å². The molecule has 0 bridgehead atoms. The molecule has 3 aromatic rings. The quantitative estimate of drug-likeness (QED) is 0.435. The van der Waals surface area contributed by atoms with E-state index in [1.54, 1.807) is 4.57 Å². The fourth-order valence-electron chi connectivity index (χ4n) is 3.66. The second-order valence-corrected chi connectivity index (χ2v) is 9.93. The molecule has 3 heterocycles. The number of carbonyl (C=O) groups is 1. The van der Waals surface area contributed by atoms with Crippen LogP contribution in [0.2, 0.25) is 0 Å². The van der Waals surface area contributed by atoms with Gasteiger partial charge in [0.1, 0.15) is 4.70 Å². The van der Waals surface area contributed by atoms with Gasteiger partial charge in [-0.05, 0) is 51.7 Å². The van der Waals surface area contributed by atoms with E-state index in [0.29, 0.717) is 15.5 Å². The van der Waals surface area contributed by atoms with Crippen molar-refractivity contribution < 1.29 is 4.79 Å². The Bertz CT molecular complexity index is 1150. The average Bonchev–Trinajstić information content (AvgIpc) is 3.19. The maximum absolute atomic E-state index is 13.2. The molecule has 2 aromatic heterocycles. The molecule has 1 N–H and O–H groups in total. The summed E-state index contributed by atoms with van der Waals surface area (Å²) in [4.78, 5) is 37.3. The number of nitrogens with zero attached hydrogens (tertiary/aromatic N) is 4. The number of piperidine rings is 1. The monoisotopic (exact) mass is 457 g/mol. The van der Waals surface area contributed by atoms with Crippen molar-refractivity contribution in [3.63, 3.8) is 0 Å². The van der Waals surface area contributed by atoms with E-state index in [4.69, 9.17) is 0 Å². The number of amides is 1. The predicted octanol–water partition coefficient (Wildman–Crippen LogP) is 4.46. The summed E-state index contributed by atoms with van der Waals surface area (Å²) in [6.07, 6.45) is 3.54. The Balaban J connectivity index is 1.58. The molecule has 1 amide bonds. The van der Waals surface area contributed by atoms with E-state index in [9.17, 15) is 9.59 Å². The van der Waals surface area contributed by atoms with Crippen LogP contribution in [0.3, 0.4) is 0 Å². The summed E-state index contributed by atoms with van der Waals surface area (Å²) in [7, 11) is 0. The largest absolute Gasteiger partial charge is 0.348 e. The third kappa shape index (κ3) is 4.77. The maximum Gasteiger partial charge on any atom is 0.274 e. The Morgan fingerprint density at radius 3 is 2.65 bits per heavy atom. The average molecular weight is 458 g/mol. The molecule has 9 heteroatoms. The lowest BCUT2D eigenvalue weighted by molar-refractivity contribution is -0.113. The van der Waals surface area contributed by atoms with Gasteiger partial charge in [0.2, 0.25) is 5.91 Å². The van der Waals surface area contributed by atoms with E-state index >= 15 is 0 Å². The van der Waals surface area contributed by atoms with Gasteiger partial charge >= 0.3 is 0 Å². The molecule has 1 aliphatic heterocycles. The number of thiazole rings is 1. The van der Waals surface area contributed by atoms with Crippen LogP contribution in [0, 0.1) is 6.92 Å². The molecule has 31 heavy (non-hydrogen) atoms. The zero-order chi connectivity index (χ0) is 22.0. The van der Waals surface area contributed by atoms with Crippen LogP contribution >= 0.6 is 23.1 Å². The Morgan fingerprint density at radius 2 is 1.94 bits per heavy atom. The van der Waals surface area contributed by atoms with Crippen LogP contribution < -0.4 is 15.8 Å². The summed E-state index contributed by atoms with van der Waals surface area (Å²) in [5.41, 5.74) is 2.20. The molecule has 164 valence electrons. The maximum atomic E-state index is 13.2. The molecule has 0 spiro atoms. The lowest BCUT2D eigenvalue weighted by atomic mass is 10.1. The molecular formula is C22H27N5O2S2. The van der Waals surface area contributed by atoms with Crippen molar-refractivity contribution in [2.24, 2.45) is 0 Å². The first kappa shape index (κ1) is 21.8. The number of thioether (sulfide) groups is 1.